The Kier molecular flexibility index (Phi) is 6.89. The lowest BCUT2D eigenvalue weighted by Crippen LogP contribution is -2.37. The van der Waals surface area contributed by atoms with E-state index in [0.29, 0.717) is 13.0 Å². The summed E-state index contributed by atoms with van der Waals surface area (Å²) in [6.45, 7) is 2.67. The van der Waals surface area contributed by atoms with Crippen LogP contribution in [0, 0.1) is 0 Å². The largest absolute Gasteiger partial charge is 0.454 e. The van der Waals surface area contributed by atoms with Crippen LogP contribution in [0.4, 0.5) is 0 Å². The van der Waals surface area contributed by atoms with E-state index in [4.69, 9.17) is 9.47 Å². The van der Waals surface area contributed by atoms with Gasteiger partial charge in [-0.15, -0.1) is 0 Å². The smallest absolute Gasteiger partial charge is 0.330 e. The maximum atomic E-state index is 11.4. The van der Waals surface area contributed by atoms with Crippen molar-refractivity contribution >= 4 is 5.97 Å². The number of esters is 1. The number of unbranched alkanes of at least 4 members (excludes halogenated alkanes) is 3. The first-order chi connectivity index (χ1) is 8.24. The fourth-order valence-electron chi connectivity index (χ4n) is 1.74. The topological polar surface area (TPSA) is 55.8 Å². The fraction of sp³-hybridized carbons (Fsp3) is 0.769. The molecule has 98 valence electrons. The summed E-state index contributed by atoms with van der Waals surface area (Å²) in [5.74, 6) is -0.393. The summed E-state index contributed by atoms with van der Waals surface area (Å²) in [6, 6.07) is 0. The molecular weight excluding hydrogens is 220 g/mol. The van der Waals surface area contributed by atoms with Crippen LogP contribution in [0.3, 0.4) is 0 Å². The van der Waals surface area contributed by atoms with Gasteiger partial charge in [0.15, 0.2) is 12.4 Å². The molecule has 0 saturated carbocycles. The van der Waals surface area contributed by atoms with Gasteiger partial charge in [0.2, 0.25) is 0 Å². The van der Waals surface area contributed by atoms with Gasteiger partial charge in [-0.2, -0.15) is 0 Å². The number of hydrogen-bond acceptors (Lipinski definition) is 4. The zero-order chi connectivity index (χ0) is 12.5. The number of hydrogen-bond donors (Lipinski definition) is 1. The second kappa shape index (κ2) is 8.25. The van der Waals surface area contributed by atoms with Gasteiger partial charge in [0.05, 0.1) is 6.61 Å². The molecule has 4 heteroatoms. The SMILES string of the molecule is CCCCC/C=C/C(=O)O[C@@H]1CCCOC1O. The van der Waals surface area contributed by atoms with Crippen molar-refractivity contribution in [2.24, 2.45) is 0 Å². The van der Waals surface area contributed by atoms with Crippen LogP contribution >= 0.6 is 0 Å². The molecule has 1 fully saturated rings. The highest BCUT2D eigenvalue weighted by Crippen LogP contribution is 2.15. The van der Waals surface area contributed by atoms with Crippen molar-refractivity contribution in [1.82, 2.24) is 0 Å². The molecule has 2 atom stereocenters. The van der Waals surface area contributed by atoms with Gasteiger partial charge in [-0.05, 0) is 25.7 Å². The Balaban J connectivity index is 2.19. The Morgan fingerprint density at radius 3 is 3.06 bits per heavy atom. The van der Waals surface area contributed by atoms with Crippen LogP contribution in [0.1, 0.15) is 45.4 Å². The first-order valence-electron chi connectivity index (χ1n) is 6.41. The molecule has 0 aromatic carbocycles. The maximum absolute atomic E-state index is 11.4. The number of aliphatic hydroxyl groups is 1. The quantitative estimate of drug-likeness (QED) is 0.440. The van der Waals surface area contributed by atoms with Crippen LogP contribution in [-0.4, -0.2) is 30.1 Å². The summed E-state index contributed by atoms with van der Waals surface area (Å²) < 4.78 is 10.1. The van der Waals surface area contributed by atoms with Crippen LogP contribution in [0.25, 0.3) is 0 Å². The van der Waals surface area contributed by atoms with E-state index < -0.39 is 18.4 Å². The molecule has 0 amide bonds. The third kappa shape index (κ3) is 5.84. The minimum absolute atomic E-state index is 0.393. The van der Waals surface area contributed by atoms with Crippen LogP contribution < -0.4 is 0 Å². The third-order valence-electron chi connectivity index (χ3n) is 2.74. The zero-order valence-electron chi connectivity index (χ0n) is 10.4. The van der Waals surface area contributed by atoms with Crippen molar-refractivity contribution in [3.63, 3.8) is 0 Å². The summed E-state index contributed by atoms with van der Waals surface area (Å²) >= 11 is 0. The molecule has 1 aliphatic rings. The number of rotatable bonds is 6. The van der Waals surface area contributed by atoms with E-state index in [0.717, 1.165) is 19.3 Å². The normalized spacial score (nSPS) is 25.1. The van der Waals surface area contributed by atoms with Crippen molar-refractivity contribution in [1.29, 1.82) is 0 Å². The van der Waals surface area contributed by atoms with E-state index in [9.17, 15) is 9.90 Å². The average Bonchev–Trinajstić information content (AvgIpc) is 2.32. The zero-order valence-corrected chi connectivity index (χ0v) is 10.4. The summed E-state index contributed by atoms with van der Waals surface area (Å²) in [5.41, 5.74) is 0. The molecule has 1 unspecified atom stereocenters. The molecule has 0 spiro atoms. The summed E-state index contributed by atoms with van der Waals surface area (Å²) in [6.07, 6.45) is 7.59. The highest BCUT2D eigenvalue weighted by atomic mass is 16.6. The monoisotopic (exact) mass is 242 g/mol. The van der Waals surface area contributed by atoms with E-state index in [1.807, 2.05) is 6.08 Å². The molecule has 1 aliphatic heterocycles. The lowest BCUT2D eigenvalue weighted by atomic mass is 10.1. The Labute approximate surface area is 103 Å². The lowest BCUT2D eigenvalue weighted by molar-refractivity contribution is -0.203. The standard InChI is InChI=1S/C13H22O4/c1-2-3-4-5-6-9-12(14)17-11-8-7-10-16-13(11)15/h6,9,11,13,15H,2-5,7-8,10H2,1H3/b9-6+/t11-,13?/m1/s1. The second-order valence-corrected chi connectivity index (χ2v) is 4.28. The number of aliphatic hydroxyl groups excluding tert-OH is 1. The predicted molar refractivity (Wildman–Crippen MR) is 64.4 cm³/mol. The number of carbonyl (C=O) groups excluding carboxylic acids is 1. The van der Waals surface area contributed by atoms with E-state index in [1.165, 1.54) is 18.9 Å². The average molecular weight is 242 g/mol. The molecule has 17 heavy (non-hydrogen) atoms. The van der Waals surface area contributed by atoms with Gasteiger partial charge in [0, 0.05) is 6.08 Å². The Morgan fingerprint density at radius 2 is 2.35 bits per heavy atom. The summed E-state index contributed by atoms with van der Waals surface area (Å²) in [4.78, 5) is 11.4. The van der Waals surface area contributed by atoms with Crippen molar-refractivity contribution < 1.29 is 19.4 Å². The minimum atomic E-state index is -0.971. The van der Waals surface area contributed by atoms with Gasteiger partial charge in [0.1, 0.15) is 0 Å². The molecule has 0 bridgehead atoms. The fourth-order valence-corrected chi connectivity index (χ4v) is 1.74. The van der Waals surface area contributed by atoms with E-state index in [-0.39, 0.29) is 0 Å². The third-order valence-corrected chi connectivity index (χ3v) is 2.74. The first kappa shape index (κ1) is 14.2. The van der Waals surface area contributed by atoms with E-state index in [1.54, 1.807) is 0 Å². The molecular formula is C13H22O4. The van der Waals surface area contributed by atoms with Gasteiger partial charge in [-0.1, -0.05) is 25.8 Å². The summed E-state index contributed by atoms with van der Waals surface area (Å²) in [5, 5.41) is 9.44. The van der Waals surface area contributed by atoms with Gasteiger partial charge in [-0.25, -0.2) is 4.79 Å². The Morgan fingerprint density at radius 1 is 1.53 bits per heavy atom. The van der Waals surface area contributed by atoms with E-state index >= 15 is 0 Å². The maximum Gasteiger partial charge on any atom is 0.330 e. The van der Waals surface area contributed by atoms with Crippen LogP contribution in [0.5, 0.6) is 0 Å². The highest BCUT2D eigenvalue weighted by Gasteiger charge is 2.26. The Bertz CT molecular complexity index is 250. The predicted octanol–water partition coefficient (Wildman–Crippen LogP) is 2.16. The minimum Gasteiger partial charge on any atom is -0.454 e. The van der Waals surface area contributed by atoms with Gasteiger partial charge in [-0.3, -0.25) is 0 Å². The molecule has 0 aliphatic carbocycles. The molecule has 0 aromatic rings. The first-order valence-corrected chi connectivity index (χ1v) is 6.41. The van der Waals surface area contributed by atoms with Crippen LogP contribution in [0.2, 0.25) is 0 Å². The molecule has 0 aromatic heterocycles. The second-order valence-electron chi connectivity index (χ2n) is 4.28. The number of carbonyl (C=O) groups is 1. The molecule has 1 saturated heterocycles. The molecule has 1 heterocycles. The van der Waals surface area contributed by atoms with Gasteiger partial charge in [0.25, 0.3) is 0 Å². The van der Waals surface area contributed by atoms with E-state index in [2.05, 4.69) is 6.92 Å². The van der Waals surface area contributed by atoms with Crippen LogP contribution in [-0.2, 0) is 14.3 Å². The molecule has 0 radical (unpaired) electrons. The molecule has 1 rings (SSSR count). The Hall–Kier alpha value is -0.870. The van der Waals surface area contributed by atoms with Gasteiger partial charge < -0.3 is 14.6 Å². The van der Waals surface area contributed by atoms with Crippen molar-refractivity contribution in [2.75, 3.05) is 6.61 Å². The summed E-state index contributed by atoms with van der Waals surface area (Å²) in [7, 11) is 0. The van der Waals surface area contributed by atoms with Gasteiger partial charge >= 0.3 is 5.97 Å². The molecule has 1 N–H and O–H groups in total. The van der Waals surface area contributed by atoms with Crippen LogP contribution in [0.15, 0.2) is 12.2 Å². The number of allylic oxidation sites excluding steroid dienone is 1. The lowest BCUT2D eigenvalue weighted by Gasteiger charge is -2.26. The van der Waals surface area contributed by atoms with Crippen molar-refractivity contribution in [2.45, 2.75) is 57.8 Å². The van der Waals surface area contributed by atoms with Crippen molar-refractivity contribution in [3.05, 3.63) is 12.2 Å². The highest BCUT2D eigenvalue weighted by molar-refractivity contribution is 5.82. The number of ether oxygens (including phenoxy) is 2. The van der Waals surface area contributed by atoms with Crippen molar-refractivity contribution in [3.8, 4) is 0 Å². The molecule has 4 nitrogen and oxygen atoms in total.